The first kappa shape index (κ1) is 21.4. The fraction of sp³-hybridized carbons (Fsp3) is 0.455. The summed E-state index contributed by atoms with van der Waals surface area (Å²) in [6, 6.07) is 4.37. The summed E-state index contributed by atoms with van der Waals surface area (Å²) in [5, 5.41) is 0.265. The Balaban J connectivity index is 1.64. The van der Waals surface area contributed by atoms with E-state index in [-0.39, 0.29) is 34.3 Å². The molecule has 156 valence electrons. The van der Waals surface area contributed by atoms with Crippen molar-refractivity contribution in [3.63, 3.8) is 0 Å². The lowest BCUT2D eigenvalue weighted by Crippen LogP contribution is -2.48. The fourth-order valence-corrected chi connectivity index (χ4v) is 3.81. The standard InChI is InChI=1S/C22H26ClFN2O3/c1-3-14(2)22(28)26-12-6-9-19(26)21(27)25-29-20-11-10-15(13-17(20)23)16-7-4-5-8-18(16)24/h7-8,10-11,13-14,19H,3-6,9,12H2,1-2H3,(H,25,27). The maximum atomic E-state index is 14.0. The van der Waals surface area contributed by atoms with Gasteiger partial charge in [-0.05, 0) is 55.9 Å². The first-order valence-corrected chi connectivity index (χ1v) is 10.4. The molecule has 2 aliphatic rings. The first-order chi connectivity index (χ1) is 13.9. The Labute approximate surface area is 175 Å². The van der Waals surface area contributed by atoms with Crippen LogP contribution in [0.25, 0.3) is 5.57 Å². The number of allylic oxidation sites excluding steroid dienone is 4. The number of nitrogens with one attached hydrogen (secondary N) is 1. The average Bonchev–Trinajstić information content (AvgIpc) is 3.21. The largest absolute Gasteiger partial charge is 0.378 e. The van der Waals surface area contributed by atoms with Crippen molar-refractivity contribution in [2.24, 2.45) is 5.92 Å². The van der Waals surface area contributed by atoms with Gasteiger partial charge in [-0.1, -0.05) is 37.6 Å². The summed E-state index contributed by atoms with van der Waals surface area (Å²) in [6.45, 7) is 4.39. The van der Waals surface area contributed by atoms with Crippen molar-refractivity contribution >= 4 is 29.0 Å². The van der Waals surface area contributed by atoms with Gasteiger partial charge in [0.25, 0.3) is 5.91 Å². The number of hydroxylamine groups is 1. The van der Waals surface area contributed by atoms with Gasteiger partial charge in [0.15, 0.2) is 5.75 Å². The van der Waals surface area contributed by atoms with Crippen LogP contribution in [0.15, 0.2) is 36.2 Å². The molecule has 0 aromatic heterocycles. The second-order valence-corrected chi connectivity index (χ2v) is 7.87. The van der Waals surface area contributed by atoms with E-state index in [1.165, 1.54) is 0 Å². The van der Waals surface area contributed by atoms with Gasteiger partial charge in [-0.2, -0.15) is 5.48 Å². The molecule has 2 amide bonds. The van der Waals surface area contributed by atoms with Crippen LogP contribution in [0.4, 0.5) is 4.39 Å². The van der Waals surface area contributed by atoms with Gasteiger partial charge in [0.1, 0.15) is 11.9 Å². The molecule has 2 atom stereocenters. The van der Waals surface area contributed by atoms with Crippen molar-refractivity contribution in [2.45, 2.75) is 52.0 Å². The quantitative estimate of drug-likeness (QED) is 0.671. The smallest absolute Gasteiger partial charge is 0.275 e. The Bertz CT molecular complexity index is 852. The molecule has 1 aromatic carbocycles. The molecular weight excluding hydrogens is 395 g/mol. The summed E-state index contributed by atoms with van der Waals surface area (Å²) in [6.07, 6.45) is 6.98. The second kappa shape index (κ2) is 9.44. The zero-order chi connectivity index (χ0) is 21.0. The lowest BCUT2D eigenvalue weighted by atomic mass is 9.98. The van der Waals surface area contributed by atoms with Gasteiger partial charge in [0.2, 0.25) is 5.91 Å². The number of rotatable bonds is 6. The summed E-state index contributed by atoms with van der Waals surface area (Å²) >= 11 is 6.27. The number of nitrogens with zero attached hydrogens (tertiary/aromatic N) is 1. The predicted molar refractivity (Wildman–Crippen MR) is 111 cm³/mol. The van der Waals surface area contributed by atoms with E-state index in [0.29, 0.717) is 30.5 Å². The van der Waals surface area contributed by atoms with Crippen LogP contribution in [0.5, 0.6) is 5.75 Å². The highest BCUT2D eigenvalue weighted by atomic mass is 35.5. The van der Waals surface area contributed by atoms with Crippen molar-refractivity contribution in [3.8, 4) is 5.75 Å². The Kier molecular flexibility index (Phi) is 6.96. The molecule has 1 heterocycles. The topological polar surface area (TPSA) is 58.6 Å². The molecule has 5 nitrogen and oxygen atoms in total. The second-order valence-electron chi connectivity index (χ2n) is 7.46. The number of amides is 2. The summed E-state index contributed by atoms with van der Waals surface area (Å²) < 4.78 is 14.0. The number of hydrogen-bond acceptors (Lipinski definition) is 3. The van der Waals surface area contributed by atoms with Crippen LogP contribution in [0.2, 0.25) is 5.02 Å². The normalized spacial score (nSPS) is 20.0. The van der Waals surface area contributed by atoms with Crippen LogP contribution < -0.4 is 10.3 Å². The van der Waals surface area contributed by atoms with Crippen molar-refractivity contribution in [1.29, 1.82) is 0 Å². The molecule has 3 rings (SSSR count). The number of benzene rings is 1. The van der Waals surface area contributed by atoms with Gasteiger partial charge < -0.3 is 9.74 Å². The third-order valence-corrected chi connectivity index (χ3v) is 5.77. The van der Waals surface area contributed by atoms with E-state index in [1.807, 2.05) is 19.9 Å². The van der Waals surface area contributed by atoms with Crippen LogP contribution in [-0.2, 0) is 9.59 Å². The molecular formula is C22H26ClFN2O3. The van der Waals surface area contributed by atoms with Crippen molar-refractivity contribution in [2.75, 3.05) is 6.54 Å². The van der Waals surface area contributed by atoms with Crippen LogP contribution in [0.1, 0.15) is 51.5 Å². The van der Waals surface area contributed by atoms with Gasteiger partial charge in [0, 0.05) is 18.0 Å². The minimum atomic E-state index is -0.541. The molecule has 1 aliphatic heterocycles. The van der Waals surface area contributed by atoms with E-state index in [1.54, 1.807) is 29.2 Å². The first-order valence-electron chi connectivity index (χ1n) is 10.1. The number of likely N-dealkylation sites (tertiary alicyclic amines) is 1. The Morgan fingerprint density at radius 2 is 2.10 bits per heavy atom. The highest BCUT2D eigenvalue weighted by molar-refractivity contribution is 6.32. The van der Waals surface area contributed by atoms with Crippen molar-refractivity contribution in [1.82, 2.24) is 10.4 Å². The Morgan fingerprint density at radius 3 is 2.79 bits per heavy atom. The van der Waals surface area contributed by atoms with Gasteiger partial charge in [0.05, 0.1) is 5.02 Å². The highest BCUT2D eigenvalue weighted by Crippen LogP contribution is 2.33. The molecule has 1 aromatic rings. The number of carbonyl (C=O) groups excluding carboxylic acids is 2. The molecule has 1 N–H and O–H groups in total. The van der Waals surface area contributed by atoms with Gasteiger partial charge in [-0.15, -0.1) is 0 Å². The molecule has 2 unspecified atom stereocenters. The van der Waals surface area contributed by atoms with E-state index < -0.39 is 6.04 Å². The summed E-state index contributed by atoms with van der Waals surface area (Å²) in [4.78, 5) is 32.1. The molecule has 1 saturated heterocycles. The lowest BCUT2D eigenvalue weighted by Gasteiger charge is -2.26. The monoisotopic (exact) mass is 420 g/mol. The maximum absolute atomic E-state index is 14.0. The van der Waals surface area contributed by atoms with Crippen LogP contribution >= 0.6 is 11.6 Å². The van der Waals surface area contributed by atoms with E-state index in [2.05, 4.69) is 5.48 Å². The minimum absolute atomic E-state index is 0.0108. The molecule has 1 fully saturated rings. The summed E-state index contributed by atoms with van der Waals surface area (Å²) in [5.74, 6) is -0.495. The third kappa shape index (κ3) is 4.81. The molecule has 7 heteroatoms. The van der Waals surface area contributed by atoms with Crippen LogP contribution in [-0.4, -0.2) is 29.3 Å². The summed E-state index contributed by atoms with van der Waals surface area (Å²) in [5.41, 5.74) is 3.58. The number of halogens is 2. The minimum Gasteiger partial charge on any atom is -0.378 e. The molecule has 0 radical (unpaired) electrons. The van der Waals surface area contributed by atoms with Crippen LogP contribution in [0, 0.1) is 5.92 Å². The average molecular weight is 421 g/mol. The van der Waals surface area contributed by atoms with Crippen molar-refractivity contribution in [3.05, 3.63) is 46.8 Å². The molecule has 29 heavy (non-hydrogen) atoms. The number of carbonyl (C=O) groups is 2. The van der Waals surface area contributed by atoms with Gasteiger partial charge in [-0.25, -0.2) is 4.39 Å². The SMILES string of the molecule is CCC(C)C(=O)N1CCCC1C(=O)NOc1ccc(C2=CCCC=C2F)cc1Cl. The molecule has 0 spiro atoms. The Morgan fingerprint density at radius 1 is 1.34 bits per heavy atom. The molecule has 0 bridgehead atoms. The Hall–Kier alpha value is -2.34. The van der Waals surface area contributed by atoms with Crippen LogP contribution in [0.3, 0.4) is 0 Å². The number of hydrogen-bond donors (Lipinski definition) is 1. The van der Waals surface area contributed by atoms with E-state index in [9.17, 15) is 14.0 Å². The van der Waals surface area contributed by atoms with E-state index >= 15 is 0 Å². The van der Waals surface area contributed by atoms with Crippen molar-refractivity contribution < 1.29 is 18.8 Å². The summed E-state index contributed by atoms with van der Waals surface area (Å²) in [7, 11) is 0. The predicted octanol–water partition coefficient (Wildman–Crippen LogP) is 4.82. The van der Waals surface area contributed by atoms with Gasteiger partial charge in [-0.3, -0.25) is 9.59 Å². The highest BCUT2D eigenvalue weighted by Gasteiger charge is 2.35. The third-order valence-electron chi connectivity index (χ3n) is 5.47. The zero-order valence-corrected chi connectivity index (χ0v) is 17.5. The van der Waals surface area contributed by atoms with Gasteiger partial charge >= 0.3 is 0 Å². The molecule has 1 aliphatic carbocycles. The zero-order valence-electron chi connectivity index (χ0n) is 16.7. The lowest BCUT2D eigenvalue weighted by molar-refractivity contribution is -0.143. The fourth-order valence-electron chi connectivity index (χ4n) is 3.59. The maximum Gasteiger partial charge on any atom is 0.275 e. The van der Waals surface area contributed by atoms with E-state index in [0.717, 1.165) is 19.3 Å². The molecule has 0 saturated carbocycles. The van der Waals surface area contributed by atoms with E-state index in [4.69, 9.17) is 16.4 Å².